The maximum atomic E-state index is 12.8. The van der Waals surface area contributed by atoms with Gasteiger partial charge in [-0.2, -0.15) is 0 Å². The second kappa shape index (κ2) is 52.0. The molecule has 0 aliphatic heterocycles. The number of hydrogen-bond acceptors (Lipinski definition) is 6. The summed E-state index contributed by atoms with van der Waals surface area (Å²) in [6.45, 7) is 6.53. The molecule has 0 fully saturated rings. The SMILES string of the molecule is CC/C=C\C/C=C\C/C=C\CCCCCCCCCC(=O)OCC(COC(=O)CCCCCCCCCCCCCCC)OC(=O)CCCCCCC/C=C\CCCCCCCC. The third-order valence-corrected chi connectivity index (χ3v) is 11.8. The van der Waals surface area contributed by atoms with Gasteiger partial charge >= 0.3 is 17.9 Å². The largest absolute Gasteiger partial charge is 0.462 e. The summed E-state index contributed by atoms with van der Waals surface area (Å²) in [6, 6.07) is 0. The highest BCUT2D eigenvalue weighted by Gasteiger charge is 2.19. The lowest BCUT2D eigenvalue weighted by molar-refractivity contribution is -0.167. The third-order valence-electron chi connectivity index (χ3n) is 11.8. The highest BCUT2D eigenvalue weighted by Crippen LogP contribution is 2.15. The Morgan fingerprint density at radius 3 is 0.984 bits per heavy atom. The van der Waals surface area contributed by atoms with Crippen molar-refractivity contribution in [1.29, 1.82) is 0 Å². The first-order chi connectivity index (χ1) is 31.0. The van der Waals surface area contributed by atoms with Gasteiger partial charge in [-0.3, -0.25) is 14.4 Å². The first-order valence-corrected chi connectivity index (χ1v) is 27.1. The predicted molar refractivity (Wildman–Crippen MR) is 270 cm³/mol. The van der Waals surface area contributed by atoms with Crippen LogP contribution >= 0.6 is 0 Å². The summed E-state index contributed by atoms with van der Waals surface area (Å²) in [5.41, 5.74) is 0. The van der Waals surface area contributed by atoms with Crippen molar-refractivity contribution in [3.63, 3.8) is 0 Å². The van der Waals surface area contributed by atoms with Gasteiger partial charge in [0.05, 0.1) is 0 Å². The van der Waals surface area contributed by atoms with Crippen molar-refractivity contribution in [1.82, 2.24) is 0 Å². The van der Waals surface area contributed by atoms with Crippen LogP contribution in [0, 0.1) is 0 Å². The fourth-order valence-corrected chi connectivity index (χ4v) is 7.75. The van der Waals surface area contributed by atoms with Crippen LogP contribution in [0.1, 0.15) is 278 Å². The first kappa shape index (κ1) is 60.4. The molecule has 6 heteroatoms. The van der Waals surface area contributed by atoms with Gasteiger partial charge in [-0.25, -0.2) is 0 Å². The summed E-state index contributed by atoms with van der Waals surface area (Å²) in [5.74, 6) is -0.885. The number of allylic oxidation sites excluding steroid dienone is 8. The molecule has 0 saturated carbocycles. The van der Waals surface area contributed by atoms with Crippen LogP contribution in [-0.2, 0) is 28.6 Å². The van der Waals surface area contributed by atoms with Crippen LogP contribution in [0.2, 0.25) is 0 Å². The van der Waals surface area contributed by atoms with Crippen LogP contribution < -0.4 is 0 Å². The van der Waals surface area contributed by atoms with Crippen molar-refractivity contribution in [2.24, 2.45) is 0 Å². The van der Waals surface area contributed by atoms with Crippen molar-refractivity contribution in [2.45, 2.75) is 284 Å². The molecule has 0 radical (unpaired) electrons. The monoisotopic (exact) mass is 883 g/mol. The summed E-state index contributed by atoms with van der Waals surface area (Å²) in [7, 11) is 0. The average molecular weight is 883 g/mol. The lowest BCUT2D eigenvalue weighted by Crippen LogP contribution is -2.30. The number of esters is 3. The molecule has 1 unspecified atom stereocenters. The molecule has 0 spiro atoms. The van der Waals surface area contributed by atoms with Crippen molar-refractivity contribution in [3.05, 3.63) is 48.6 Å². The van der Waals surface area contributed by atoms with Gasteiger partial charge in [0.2, 0.25) is 0 Å². The number of carbonyl (C=O) groups excluding carboxylic acids is 3. The Labute approximate surface area is 390 Å². The average Bonchev–Trinajstić information content (AvgIpc) is 3.28. The van der Waals surface area contributed by atoms with Crippen LogP contribution in [0.15, 0.2) is 48.6 Å². The van der Waals surface area contributed by atoms with E-state index in [-0.39, 0.29) is 31.1 Å². The number of carbonyl (C=O) groups is 3. The molecule has 0 aromatic rings. The number of hydrogen-bond donors (Lipinski definition) is 0. The van der Waals surface area contributed by atoms with Crippen molar-refractivity contribution in [2.75, 3.05) is 13.2 Å². The molecular formula is C57H102O6. The van der Waals surface area contributed by atoms with Crippen molar-refractivity contribution < 1.29 is 28.6 Å². The minimum absolute atomic E-state index is 0.0769. The molecule has 0 heterocycles. The van der Waals surface area contributed by atoms with Gasteiger partial charge in [-0.1, -0.05) is 230 Å². The molecule has 0 aliphatic carbocycles. The van der Waals surface area contributed by atoms with Crippen LogP contribution in [0.4, 0.5) is 0 Å². The molecule has 0 aliphatic rings. The second-order valence-corrected chi connectivity index (χ2v) is 18.1. The summed E-state index contributed by atoms with van der Waals surface area (Å²) in [4.78, 5) is 38.0. The minimum atomic E-state index is -0.778. The fraction of sp³-hybridized carbons (Fsp3) is 0.807. The maximum Gasteiger partial charge on any atom is 0.306 e. The molecule has 63 heavy (non-hydrogen) atoms. The zero-order chi connectivity index (χ0) is 45.8. The molecule has 0 bridgehead atoms. The van der Waals surface area contributed by atoms with E-state index < -0.39 is 6.10 Å². The zero-order valence-electron chi connectivity index (χ0n) is 41.8. The Kier molecular flexibility index (Phi) is 49.8. The molecule has 366 valence electrons. The summed E-state index contributed by atoms with van der Waals surface area (Å²) in [5, 5.41) is 0. The molecule has 0 amide bonds. The van der Waals surface area contributed by atoms with E-state index in [1.165, 1.54) is 148 Å². The standard InChI is InChI=1S/C57H102O6/c1-4-7-10-13-16-19-22-25-27-28-30-32-35-38-41-44-47-50-56(59)62-53-54(52-61-55(58)49-46-43-40-37-34-31-24-21-18-15-12-9-6-3)63-57(60)51-48-45-42-39-36-33-29-26-23-20-17-14-11-8-5-2/h7,10,16,19,25-27,29,54H,4-6,8-9,11-15,17-18,20-24,28,30-53H2,1-3H3/b10-7-,19-16-,27-25-,29-26-. The van der Waals surface area contributed by atoms with E-state index in [1.54, 1.807) is 0 Å². The highest BCUT2D eigenvalue weighted by atomic mass is 16.6. The lowest BCUT2D eigenvalue weighted by atomic mass is 10.0. The summed E-state index contributed by atoms with van der Waals surface area (Å²) >= 11 is 0. The maximum absolute atomic E-state index is 12.8. The van der Waals surface area contributed by atoms with Gasteiger partial charge in [0, 0.05) is 19.3 Å². The van der Waals surface area contributed by atoms with Crippen molar-refractivity contribution in [3.8, 4) is 0 Å². The quantitative estimate of drug-likeness (QED) is 0.0262. The van der Waals surface area contributed by atoms with E-state index in [4.69, 9.17) is 14.2 Å². The lowest BCUT2D eigenvalue weighted by Gasteiger charge is -2.18. The van der Waals surface area contributed by atoms with Crippen molar-refractivity contribution >= 4 is 17.9 Å². The molecule has 1 atom stereocenters. The number of unbranched alkanes of at least 4 members (excludes halogenated alkanes) is 30. The molecule has 0 aromatic carbocycles. The Balaban J connectivity index is 4.38. The van der Waals surface area contributed by atoms with Crippen LogP contribution in [0.25, 0.3) is 0 Å². The Hall–Kier alpha value is -2.63. The molecule has 0 N–H and O–H groups in total. The smallest absolute Gasteiger partial charge is 0.306 e. The Morgan fingerprint density at radius 1 is 0.333 bits per heavy atom. The van der Waals surface area contributed by atoms with E-state index in [0.717, 1.165) is 89.9 Å². The second-order valence-electron chi connectivity index (χ2n) is 18.1. The van der Waals surface area contributed by atoms with Gasteiger partial charge in [-0.15, -0.1) is 0 Å². The Morgan fingerprint density at radius 2 is 0.619 bits per heavy atom. The van der Waals surface area contributed by atoms with E-state index >= 15 is 0 Å². The van der Waals surface area contributed by atoms with E-state index in [9.17, 15) is 14.4 Å². The van der Waals surface area contributed by atoms with Gasteiger partial charge in [0.15, 0.2) is 6.10 Å². The predicted octanol–water partition coefficient (Wildman–Crippen LogP) is 17.9. The highest BCUT2D eigenvalue weighted by molar-refractivity contribution is 5.71. The normalized spacial score (nSPS) is 12.4. The van der Waals surface area contributed by atoms with E-state index in [2.05, 4.69) is 69.4 Å². The van der Waals surface area contributed by atoms with Crippen LogP contribution in [0.5, 0.6) is 0 Å². The van der Waals surface area contributed by atoms with Gasteiger partial charge in [0.25, 0.3) is 0 Å². The van der Waals surface area contributed by atoms with Gasteiger partial charge in [-0.05, 0) is 77.0 Å². The van der Waals surface area contributed by atoms with Gasteiger partial charge < -0.3 is 14.2 Å². The molecular weight excluding hydrogens is 781 g/mol. The zero-order valence-corrected chi connectivity index (χ0v) is 41.8. The fourth-order valence-electron chi connectivity index (χ4n) is 7.75. The molecule has 0 saturated heterocycles. The number of ether oxygens (including phenoxy) is 3. The molecule has 0 rings (SSSR count). The van der Waals surface area contributed by atoms with E-state index in [1.807, 2.05) is 0 Å². The summed E-state index contributed by atoms with van der Waals surface area (Å²) in [6.07, 6.45) is 62.3. The summed E-state index contributed by atoms with van der Waals surface area (Å²) < 4.78 is 16.8. The third kappa shape index (κ3) is 50.2. The Bertz CT molecular complexity index is 1110. The molecule has 6 nitrogen and oxygen atoms in total. The molecule has 0 aromatic heterocycles. The first-order valence-electron chi connectivity index (χ1n) is 27.1. The topological polar surface area (TPSA) is 78.9 Å². The van der Waals surface area contributed by atoms with Gasteiger partial charge in [0.1, 0.15) is 13.2 Å². The van der Waals surface area contributed by atoms with Crippen LogP contribution in [0.3, 0.4) is 0 Å². The minimum Gasteiger partial charge on any atom is -0.462 e. The van der Waals surface area contributed by atoms with Crippen LogP contribution in [-0.4, -0.2) is 37.2 Å². The number of rotatable bonds is 49. The van der Waals surface area contributed by atoms with E-state index in [0.29, 0.717) is 19.3 Å².